The Morgan fingerprint density at radius 2 is 1.95 bits per heavy atom. The van der Waals surface area contributed by atoms with Crippen molar-refractivity contribution < 1.29 is 4.79 Å². The summed E-state index contributed by atoms with van der Waals surface area (Å²) in [4.78, 5) is 17.7. The molecular weight excluding hydrogens is 339 g/mol. The van der Waals surface area contributed by atoms with Gasteiger partial charge in [-0.3, -0.25) is 10.1 Å². The summed E-state index contributed by atoms with van der Waals surface area (Å²) in [5.41, 5.74) is 2.09. The van der Waals surface area contributed by atoms with Crippen LogP contribution < -0.4 is 5.32 Å². The van der Waals surface area contributed by atoms with Crippen LogP contribution in [0.15, 0.2) is 30.3 Å². The van der Waals surface area contributed by atoms with Crippen molar-refractivity contribution in [3.63, 3.8) is 0 Å². The van der Waals surface area contributed by atoms with E-state index >= 15 is 0 Å². The van der Waals surface area contributed by atoms with E-state index in [4.69, 9.17) is 11.6 Å². The number of thiazole rings is 1. The number of hydrogen-bond donors (Lipinski definition) is 1. The van der Waals surface area contributed by atoms with Crippen molar-refractivity contribution in [2.24, 2.45) is 0 Å². The Kier molecular flexibility index (Phi) is 6.00. The highest BCUT2D eigenvalue weighted by Gasteiger charge is 2.15. The highest BCUT2D eigenvalue weighted by Crippen LogP contribution is 2.29. The number of hydrogen-bond acceptors (Lipinski definition) is 3. The van der Waals surface area contributed by atoms with E-state index in [1.54, 1.807) is 29.5 Å². The van der Waals surface area contributed by atoms with Gasteiger partial charge in [0.15, 0.2) is 5.13 Å². The molecule has 1 aromatic heterocycles. The van der Waals surface area contributed by atoms with E-state index in [9.17, 15) is 4.79 Å². The fraction of sp³-hybridized carbons (Fsp3) is 0.250. The lowest BCUT2D eigenvalue weighted by Crippen LogP contribution is -2.07. The third-order valence-electron chi connectivity index (χ3n) is 3.37. The van der Waals surface area contributed by atoms with Crippen LogP contribution in [-0.4, -0.2) is 10.9 Å². The molecule has 0 atom stereocenters. The fourth-order valence-corrected chi connectivity index (χ4v) is 3.48. The van der Waals surface area contributed by atoms with Crippen molar-refractivity contribution in [2.45, 2.75) is 25.7 Å². The minimum absolute atomic E-state index is 0. The van der Waals surface area contributed by atoms with Crippen LogP contribution in [0, 0.1) is 0 Å². The van der Waals surface area contributed by atoms with Gasteiger partial charge in [-0.15, -0.1) is 23.7 Å². The molecule has 0 saturated heterocycles. The SMILES string of the molecule is Cl.O=C(/C=C/c1ccc(Cl)cc1)Nc1nc2c(s1)CCCC2. The molecule has 1 N–H and O–H groups in total. The average molecular weight is 355 g/mol. The van der Waals surface area contributed by atoms with E-state index in [0.717, 1.165) is 24.1 Å². The quantitative estimate of drug-likeness (QED) is 0.808. The Morgan fingerprint density at radius 1 is 1.23 bits per heavy atom. The van der Waals surface area contributed by atoms with Crippen LogP contribution in [-0.2, 0) is 17.6 Å². The molecule has 0 saturated carbocycles. The Bertz CT molecular complexity index is 656. The lowest BCUT2D eigenvalue weighted by atomic mass is 10.0. The molecule has 0 unspecified atom stereocenters. The van der Waals surface area contributed by atoms with Crippen LogP contribution in [0.2, 0.25) is 5.02 Å². The number of rotatable bonds is 3. The zero-order valence-electron chi connectivity index (χ0n) is 11.8. The summed E-state index contributed by atoms with van der Waals surface area (Å²) in [7, 11) is 0. The number of fused-ring (bicyclic) bond motifs is 1. The molecule has 3 rings (SSSR count). The summed E-state index contributed by atoms with van der Waals surface area (Å²) in [5.74, 6) is -0.156. The third kappa shape index (κ3) is 4.32. The molecule has 3 nitrogen and oxygen atoms in total. The van der Waals surface area contributed by atoms with E-state index < -0.39 is 0 Å². The normalized spacial score (nSPS) is 13.5. The maximum atomic E-state index is 11.9. The summed E-state index contributed by atoms with van der Waals surface area (Å²) < 4.78 is 0. The highest BCUT2D eigenvalue weighted by molar-refractivity contribution is 7.15. The van der Waals surface area contributed by atoms with Gasteiger partial charge in [-0.25, -0.2) is 4.98 Å². The molecule has 0 aliphatic heterocycles. The number of benzene rings is 1. The monoisotopic (exact) mass is 354 g/mol. The van der Waals surface area contributed by atoms with Gasteiger partial charge < -0.3 is 0 Å². The second-order valence-electron chi connectivity index (χ2n) is 4.97. The Labute approximate surface area is 144 Å². The molecule has 6 heteroatoms. The first-order chi connectivity index (χ1) is 10.2. The first-order valence-electron chi connectivity index (χ1n) is 6.94. The van der Waals surface area contributed by atoms with Crippen molar-refractivity contribution >= 4 is 52.5 Å². The molecule has 116 valence electrons. The zero-order valence-corrected chi connectivity index (χ0v) is 14.2. The molecule has 1 aliphatic rings. The molecule has 0 bridgehead atoms. The lowest BCUT2D eigenvalue weighted by Gasteiger charge is -2.06. The Balaban J connectivity index is 0.00000176. The number of nitrogens with zero attached hydrogens (tertiary/aromatic N) is 1. The smallest absolute Gasteiger partial charge is 0.250 e. The van der Waals surface area contributed by atoms with Crippen molar-refractivity contribution in [3.05, 3.63) is 51.5 Å². The number of aromatic nitrogens is 1. The predicted molar refractivity (Wildman–Crippen MR) is 95.1 cm³/mol. The van der Waals surface area contributed by atoms with Gasteiger partial charge in [0.1, 0.15) is 0 Å². The molecule has 22 heavy (non-hydrogen) atoms. The molecule has 1 heterocycles. The first-order valence-corrected chi connectivity index (χ1v) is 8.13. The van der Waals surface area contributed by atoms with Crippen molar-refractivity contribution in [3.8, 4) is 0 Å². The van der Waals surface area contributed by atoms with Crippen molar-refractivity contribution in [1.29, 1.82) is 0 Å². The summed E-state index contributed by atoms with van der Waals surface area (Å²) in [5, 5.41) is 4.22. The Morgan fingerprint density at radius 3 is 2.68 bits per heavy atom. The molecule has 2 aromatic rings. The fourth-order valence-electron chi connectivity index (χ4n) is 2.30. The van der Waals surface area contributed by atoms with Crippen LogP contribution in [0.3, 0.4) is 0 Å². The zero-order chi connectivity index (χ0) is 14.7. The maximum Gasteiger partial charge on any atom is 0.250 e. The van der Waals surface area contributed by atoms with Crippen LogP contribution in [0.4, 0.5) is 5.13 Å². The van der Waals surface area contributed by atoms with E-state index in [1.165, 1.54) is 23.8 Å². The van der Waals surface area contributed by atoms with Gasteiger partial charge in [-0.2, -0.15) is 0 Å². The van der Waals surface area contributed by atoms with Crippen LogP contribution in [0.25, 0.3) is 6.08 Å². The van der Waals surface area contributed by atoms with Gasteiger partial charge in [0.2, 0.25) is 5.91 Å². The molecule has 0 radical (unpaired) electrons. The van der Waals surface area contributed by atoms with Crippen molar-refractivity contribution in [1.82, 2.24) is 4.98 Å². The van der Waals surface area contributed by atoms with Gasteiger partial charge in [0.05, 0.1) is 5.69 Å². The van der Waals surface area contributed by atoms with Gasteiger partial charge in [0.25, 0.3) is 0 Å². The molecule has 1 aromatic carbocycles. The summed E-state index contributed by atoms with van der Waals surface area (Å²) in [6.07, 6.45) is 7.81. The second-order valence-corrected chi connectivity index (χ2v) is 6.49. The first kappa shape index (κ1) is 17.0. The predicted octanol–water partition coefficient (Wildman–Crippen LogP) is 4.75. The minimum Gasteiger partial charge on any atom is -0.298 e. The average Bonchev–Trinajstić information content (AvgIpc) is 2.88. The van der Waals surface area contributed by atoms with E-state index in [2.05, 4.69) is 10.3 Å². The van der Waals surface area contributed by atoms with Crippen LogP contribution in [0.5, 0.6) is 0 Å². The van der Waals surface area contributed by atoms with Crippen LogP contribution >= 0.6 is 35.3 Å². The minimum atomic E-state index is -0.156. The molecule has 1 aliphatic carbocycles. The number of amides is 1. The largest absolute Gasteiger partial charge is 0.298 e. The summed E-state index contributed by atoms with van der Waals surface area (Å²) in [6, 6.07) is 7.34. The second kappa shape index (κ2) is 7.77. The van der Waals surface area contributed by atoms with Gasteiger partial charge in [0, 0.05) is 16.0 Å². The standard InChI is InChI=1S/C16H15ClN2OS.ClH/c17-12-8-5-11(6-9-12)7-10-15(20)19-16-18-13-3-1-2-4-14(13)21-16;/h5-10H,1-4H2,(H,18,19,20);1H/b10-7+;. The number of nitrogens with one attached hydrogen (secondary N) is 1. The molecule has 0 spiro atoms. The number of aryl methyl sites for hydroxylation is 2. The molecule has 1 amide bonds. The summed E-state index contributed by atoms with van der Waals surface area (Å²) >= 11 is 7.41. The molecule has 0 fully saturated rings. The number of halogens is 2. The number of carbonyl (C=O) groups is 1. The number of carbonyl (C=O) groups excluding carboxylic acids is 1. The third-order valence-corrected chi connectivity index (χ3v) is 4.70. The van der Waals surface area contributed by atoms with Crippen molar-refractivity contribution in [2.75, 3.05) is 5.32 Å². The molecular formula is C16H16Cl2N2OS. The summed E-state index contributed by atoms with van der Waals surface area (Å²) in [6.45, 7) is 0. The van der Waals surface area contributed by atoms with Crippen LogP contribution in [0.1, 0.15) is 29.0 Å². The Hall–Kier alpha value is -1.36. The maximum absolute atomic E-state index is 11.9. The van der Waals surface area contributed by atoms with E-state index in [1.807, 2.05) is 12.1 Å². The van der Waals surface area contributed by atoms with Gasteiger partial charge >= 0.3 is 0 Å². The lowest BCUT2D eigenvalue weighted by molar-refractivity contribution is -0.111. The van der Waals surface area contributed by atoms with Gasteiger partial charge in [-0.05, 0) is 49.5 Å². The van der Waals surface area contributed by atoms with E-state index in [-0.39, 0.29) is 18.3 Å². The van der Waals surface area contributed by atoms with E-state index in [0.29, 0.717) is 10.2 Å². The highest BCUT2D eigenvalue weighted by atomic mass is 35.5. The van der Waals surface area contributed by atoms with Gasteiger partial charge in [-0.1, -0.05) is 23.7 Å². The number of anilines is 1. The topological polar surface area (TPSA) is 42.0 Å².